The standard InChI is InChI=1S/C18H23N/c1-12-7-15-9-16(10-15)8-13(2)18-11-14(5-6-19)3-4-17(12)18/h3-4,7-8,11-13H,5-6,9-10,19H2,1-2H3. The van der Waals surface area contributed by atoms with Gasteiger partial charge in [-0.3, -0.25) is 0 Å². The van der Waals surface area contributed by atoms with Crippen LogP contribution in [0.3, 0.4) is 0 Å². The van der Waals surface area contributed by atoms with Gasteiger partial charge in [-0.2, -0.15) is 0 Å². The van der Waals surface area contributed by atoms with Crippen LogP contribution in [0.1, 0.15) is 55.2 Å². The zero-order valence-electron chi connectivity index (χ0n) is 11.9. The van der Waals surface area contributed by atoms with Gasteiger partial charge in [-0.1, -0.05) is 55.3 Å². The molecule has 19 heavy (non-hydrogen) atoms. The maximum absolute atomic E-state index is 5.69. The third-order valence-corrected chi connectivity index (χ3v) is 4.44. The van der Waals surface area contributed by atoms with E-state index >= 15 is 0 Å². The van der Waals surface area contributed by atoms with Crippen molar-refractivity contribution >= 4 is 0 Å². The average molecular weight is 253 g/mol. The van der Waals surface area contributed by atoms with Crippen LogP contribution in [0.15, 0.2) is 41.5 Å². The van der Waals surface area contributed by atoms with E-state index in [-0.39, 0.29) is 0 Å². The molecule has 0 heterocycles. The van der Waals surface area contributed by atoms with Gasteiger partial charge < -0.3 is 5.73 Å². The molecule has 1 fully saturated rings. The number of hydrogen-bond acceptors (Lipinski definition) is 1. The zero-order valence-corrected chi connectivity index (χ0v) is 11.9. The molecule has 2 unspecified atom stereocenters. The lowest BCUT2D eigenvalue weighted by molar-refractivity contribution is 0.818. The number of benzene rings is 1. The number of allylic oxidation sites excluding steroid dienone is 4. The number of nitrogens with two attached hydrogens (primary N) is 1. The van der Waals surface area contributed by atoms with Crippen molar-refractivity contribution in [2.75, 3.05) is 6.54 Å². The predicted octanol–water partition coefficient (Wildman–Crippen LogP) is 4.06. The molecule has 0 aromatic heterocycles. The van der Waals surface area contributed by atoms with Gasteiger partial charge in [0.2, 0.25) is 0 Å². The first-order valence-corrected chi connectivity index (χ1v) is 7.39. The van der Waals surface area contributed by atoms with Crippen LogP contribution < -0.4 is 5.73 Å². The maximum atomic E-state index is 5.69. The van der Waals surface area contributed by atoms with Gasteiger partial charge in [0.25, 0.3) is 0 Å². The summed E-state index contributed by atoms with van der Waals surface area (Å²) in [7, 11) is 0. The van der Waals surface area contributed by atoms with E-state index in [1.165, 1.54) is 29.5 Å². The average Bonchev–Trinajstić information content (AvgIpc) is 2.42. The van der Waals surface area contributed by atoms with Gasteiger partial charge >= 0.3 is 0 Å². The van der Waals surface area contributed by atoms with Crippen LogP contribution in [0.5, 0.6) is 0 Å². The van der Waals surface area contributed by atoms with Crippen LogP contribution >= 0.6 is 0 Å². The Morgan fingerprint density at radius 1 is 1.00 bits per heavy atom. The fourth-order valence-corrected chi connectivity index (χ4v) is 3.41. The van der Waals surface area contributed by atoms with Gasteiger partial charge in [0, 0.05) is 0 Å². The Balaban J connectivity index is 2.07. The van der Waals surface area contributed by atoms with Crippen molar-refractivity contribution in [1.82, 2.24) is 0 Å². The van der Waals surface area contributed by atoms with Crippen LogP contribution in [-0.2, 0) is 6.42 Å². The topological polar surface area (TPSA) is 26.0 Å². The van der Waals surface area contributed by atoms with E-state index in [9.17, 15) is 0 Å². The van der Waals surface area contributed by atoms with Crippen LogP contribution in [0.25, 0.3) is 0 Å². The van der Waals surface area contributed by atoms with E-state index in [4.69, 9.17) is 5.73 Å². The highest BCUT2D eigenvalue weighted by atomic mass is 14.5. The Kier molecular flexibility index (Phi) is 3.32. The smallest absolute Gasteiger partial charge is 0.000448 e. The molecule has 2 bridgehead atoms. The molecule has 3 aliphatic carbocycles. The monoisotopic (exact) mass is 253 g/mol. The summed E-state index contributed by atoms with van der Waals surface area (Å²) in [6.45, 7) is 5.38. The maximum Gasteiger partial charge on any atom is -0.000448 e. The second-order valence-electron chi connectivity index (χ2n) is 6.08. The molecule has 1 aromatic rings. The minimum Gasteiger partial charge on any atom is -0.330 e. The van der Waals surface area contributed by atoms with E-state index in [1.807, 2.05) is 0 Å². The van der Waals surface area contributed by atoms with Gasteiger partial charge in [-0.05, 0) is 54.3 Å². The quantitative estimate of drug-likeness (QED) is 0.790. The Morgan fingerprint density at radius 3 is 2.26 bits per heavy atom. The van der Waals surface area contributed by atoms with E-state index in [1.54, 1.807) is 11.1 Å². The molecule has 4 rings (SSSR count). The molecular weight excluding hydrogens is 230 g/mol. The van der Waals surface area contributed by atoms with Gasteiger partial charge in [-0.25, -0.2) is 0 Å². The van der Waals surface area contributed by atoms with Crippen molar-refractivity contribution in [3.8, 4) is 0 Å². The minimum absolute atomic E-state index is 0.526. The molecule has 0 aliphatic heterocycles. The van der Waals surface area contributed by atoms with Gasteiger partial charge in [0.05, 0.1) is 0 Å². The predicted molar refractivity (Wildman–Crippen MR) is 81.4 cm³/mol. The second-order valence-corrected chi connectivity index (χ2v) is 6.08. The lowest BCUT2D eigenvalue weighted by Gasteiger charge is -2.22. The highest BCUT2D eigenvalue weighted by molar-refractivity contribution is 5.45. The fourth-order valence-electron chi connectivity index (χ4n) is 3.41. The second kappa shape index (κ2) is 4.97. The third kappa shape index (κ3) is 2.40. The molecule has 0 saturated heterocycles. The first kappa shape index (κ1) is 12.7. The summed E-state index contributed by atoms with van der Waals surface area (Å²) < 4.78 is 0. The lowest BCUT2D eigenvalue weighted by Crippen LogP contribution is -2.06. The van der Waals surface area contributed by atoms with Crippen LogP contribution in [0.4, 0.5) is 0 Å². The summed E-state index contributed by atoms with van der Waals surface area (Å²) in [5, 5.41) is 0. The van der Waals surface area contributed by atoms with Crippen LogP contribution in [0, 0.1) is 0 Å². The van der Waals surface area contributed by atoms with E-state index in [0.29, 0.717) is 11.8 Å². The third-order valence-electron chi connectivity index (χ3n) is 4.44. The molecule has 1 saturated carbocycles. The summed E-state index contributed by atoms with van der Waals surface area (Å²) in [6.07, 6.45) is 8.33. The molecule has 1 nitrogen and oxygen atoms in total. The molecule has 2 atom stereocenters. The summed E-state index contributed by atoms with van der Waals surface area (Å²) in [4.78, 5) is 0. The molecule has 2 N–H and O–H groups in total. The summed E-state index contributed by atoms with van der Waals surface area (Å²) in [6, 6.07) is 6.95. The minimum atomic E-state index is 0.526. The van der Waals surface area contributed by atoms with E-state index < -0.39 is 0 Å². The van der Waals surface area contributed by atoms with Crippen molar-refractivity contribution in [3.05, 3.63) is 58.2 Å². The molecule has 0 radical (unpaired) electrons. The molecule has 1 heteroatoms. The van der Waals surface area contributed by atoms with Crippen molar-refractivity contribution in [1.29, 1.82) is 0 Å². The molecule has 0 spiro atoms. The van der Waals surface area contributed by atoms with Crippen LogP contribution in [-0.4, -0.2) is 6.54 Å². The Labute approximate surface area is 116 Å². The van der Waals surface area contributed by atoms with E-state index in [0.717, 1.165) is 13.0 Å². The summed E-state index contributed by atoms with van der Waals surface area (Å²) in [5.74, 6) is 1.06. The van der Waals surface area contributed by atoms with Gasteiger partial charge in [-0.15, -0.1) is 0 Å². The fraction of sp³-hybridized carbons (Fsp3) is 0.444. The summed E-state index contributed by atoms with van der Waals surface area (Å²) >= 11 is 0. The zero-order chi connectivity index (χ0) is 13.4. The molecular formula is C18H23N. The highest BCUT2D eigenvalue weighted by Gasteiger charge is 2.22. The highest BCUT2D eigenvalue weighted by Crippen LogP contribution is 2.40. The first-order chi connectivity index (χ1) is 9.17. The normalized spacial score (nSPS) is 25.2. The lowest BCUT2D eigenvalue weighted by atomic mass is 9.83. The largest absolute Gasteiger partial charge is 0.330 e. The van der Waals surface area contributed by atoms with Gasteiger partial charge in [0.1, 0.15) is 0 Å². The Bertz CT molecular complexity index is 541. The van der Waals surface area contributed by atoms with E-state index in [2.05, 4.69) is 44.2 Å². The van der Waals surface area contributed by atoms with Crippen molar-refractivity contribution in [2.24, 2.45) is 5.73 Å². The Morgan fingerprint density at radius 2 is 1.63 bits per heavy atom. The van der Waals surface area contributed by atoms with Crippen LogP contribution in [0.2, 0.25) is 0 Å². The Hall–Kier alpha value is -1.34. The molecule has 0 amide bonds. The number of fused-ring (bicyclic) bond motifs is 2. The van der Waals surface area contributed by atoms with Crippen molar-refractivity contribution in [2.45, 2.75) is 44.9 Å². The SMILES string of the molecule is CC1C=C2CC(=CC(C)c3cc(CCN)ccc31)C2. The summed E-state index contributed by atoms with van der Waals surface area (Å²) in [5.41, 5.74) is 13.3. The van der Waals surface area contributed by atoms with Crippen molar-refractivity contribution < 1.29 is 0 Å². The molecule has 3 aliphatic rings. The molecule has 1 aromatic carbocycles. The number of hydrogen-bond donors (Lipinski definition) is 1. The van der Waals surface area contributed by atoms with Gasteiger partial charge in [0.15, 0.2) is 0 Å². The molecule has 100 valence electrons. The first-order valence-electron chi connectivity index (χ1n) is 7.39. The number of rotatable bonds is 2. The van der Waals surface area contributed by atoms with Crippen molar-refractivity contribution in [3.63, 3.8) is 0 Å².